The number of aromatic nitrogens is 2. The Bertz CT molecular complexity index is 8240. The lowest BCUT2D eigenvalue weighted by Crippen LogP contribution is -2.17. The van der Waals surface area contributed by atoms with Crippen LogP contribution in [-0.2, 0) is 0 Å². The Kier molecular flexibility index (Phi) is 20.1. The van der Waals surface area contributed by atoms with Gasteiger partial charge in [-0.2, -0.15) is 0 Å². The summed E-state index contributed by atoms with van der Waals surface area (Å²) >= 11 is 1.85. The van der Waals surface area contributed by atoms with Crippen molar-refractivity contribution in [1.82, 2.24) is 9.13 Å². The first-order chi connectivity index (χ1) is 64.0. The Morgan fingerprint density at radius 2 is 0.442 bits per heavy atom. The van der Waals surface area contributed by atoms with Crippen LogP contribution in [0, 0.1) is 0 Å². The molecule has 6 nitrogen and oxygen atoms in total. The van der Waals surface area contributed by atoms with Gasteiger partial charge in [0.15, 0.2) is 0 Å². The summed E-state index contributed by atoms with van der Waals surface area (Å²) < 4.78 is 7.34. The fraction of sp³-hybridized carbons (Fsp3) is 0. The maximum Gasteiger partial charge on any atom is 0.0708 e. The van der Waals surface area contributed by atoms with Crippen molar-refractivity contribution in [3.05, 3.63) is 510 Å². The molecule has 608 valence electrons. The van der Waals surface area contributed by atoms with E-state index in [-0.39, 0.29) is 0 Å². The first-order valence-corrected chi connectivity index (χ1v) is 44.8. The van der Waals surface area contributed by atoms with Crippen LogP contribution in [0.25, 0.3) is 141 Å². The number of hydrogen-bond acceptors (Lipinski definition) is 5. The molecule has 7 heteroatoms. The first-order valence-electron chi connectivity index (χ1n) is 44.0. The number of nitrogens with zero attached hydrogens (tertiary/aromatic N) is 6. The van der Waals surface area contributed by atoms with Crippen LogP contribution in [0.5, 0.6) is 0 Å². The summed E-state index contributed by atoms with van der Waals surface area (Å²) in [7, 11) is 0. The van der Waals surface area contributed by atoms with Crippen LogP contribution in [0.4, 0.5) is 68.2 Å². The molecule has 0 unspecified atom stereocenters. The van der Waals surface area contributed by atoms with Crippen LogP contribution < -0.4 is 19.6 Å². The molecule has 0 saturated heterocycles. The van der Waals surface area contributed by atoms with E-state index in [1.54, 1.807) is 0 Å². The molecule has 21 aromatic carbocycles. The van der Waals surface area contributed by atoms with Gasteiger partial charge in [0, 0.05) is 98.6 Å². The Balaban J connectivity index is 0.000000151. The molecule has 0 atom stereocenters. The highest BCUT2D eigenvalue weighted by molar-refractivity contribution is 7.25. The van der Waals surface area contributed by atoms with Crippen molar-refractivity contribution in [2.75, 3.05) is 19.6 Å². The van der Waals surface area contributed by atoms with Crippen molar-refractivity contribution < 1.29 is 0 Å². The van der Waals surface area contributed by atoms with Gasteiger partial charge in [-0.15, -0.1) is 11.3 Å². The van der Waals surface area contributed by atoms with E-state index in [1.165, 1.54) is 102 Å². The lowest BCUT2D eigenvalue weighted by molar-refractivity contribution is 1.18. The maximum absolute atomic E-state index is 2.46. The zero-order valence-electron chi connectivity index (χ0n) is 70.6. The smallest absolute Gasteiger partial charge is 0.0708 e. The van der Waals surface area contributed by atoms with Crippen molar-refractivity contribution in [1.29, 1.82) is 0 Å². The first kappa shape index (κ1) is 77.0. The summed E-state index contributed by atoms with van der Waals surface area (Å²) in [6.45, 7) is 0. The van der Waals surface area contributed by atoms with Gasteiger partial charge in [-0.1, -0.05) is 328 Å². The molecule has 0 aliphatic rings. The molecule has 0 aliphatic heterocycles. The van der Waals surface area contributed by atoms with Crippen LogP contribution >= 0.6 is 11.3 Å². The van der Waals surface area contributed by atoms with Crippen LogP contribution in [-0.4, -0.2) is 9.13 Å². The second-order valence-electron chi connectivity index (χ2n) is 32.8. The van der Waals surface area contributed by atoms with Crippen LogP contribution in [0.15, 0.2) is 510 Å². The lowest BCUT2D eigenvalue weighted by Gasteiger charge is -2.34. The Labute approximate surface area is 753 Å². The van der Waals surface area contributed by atoms with E-state index >= 15 is 0 Å². The van der Waals surface area contributed by atoms with E-state index in [9.17, 15) is 0 Å². The van der Waals surface area contributed by atoms with Gasteiger partial charge in [-0.05, 0) is 248 Å². The van der Waals surface area contributed by atoms with Crippen molar-refractivity contribution in [3.63, 3.8) is 0 Å². The normalized spacial score (nSPS) is 11.4. The van der Waals surface area contributed by atoms with E-state index in [0.29, 0.717) is 0 Å². The maximum atomic E-state index is 2.46. The average Bonchev–Trinajstić information content (AvgIpc) is 1.73. The van der Waals surface area contributed by atoms with Crippen molar-refractivity contribution in [2.45, 2.75) is 0 Å². The molecule has 0 bridgehead atoms. The fourth-order valence-corrected chi connectivity index (χ4v) is 20.1. The molecular formula is C122H84N6S. The van der Waals surface area contributed by atoms with E-state index in [0.717, 1.165) is 107 Å². The molecule has 24 rings (SSSR count). The summed E-state index contributed by atoms with van der Waals surface area (Å²) in [6, 6.07) is 185. The number of thiophene rings is 1. The molecule has 0 radical (unpaired) electrons. The van der Waals surface area contributed by atoms with Gasteiger partial charge in [-0.25, -0.2) is 0 Å². The molecule has 0 saturated carbocycles. The van der Waals surface area contributed by atoms with Crippen molar-refractivity contribution in [3.8, 4) is 55.9 Å². The predicted molar refractivity (Wildman–Crippen MR) is 550 cm³/mol. The minimum atomic E-state index is 1.05. The third kappa shape index (κ3) is 14.6. The summed E-state index contributed by atoms with van der Waals surface area (Å²) in [5.74, 6) is 0. The fourth-order valence-electron chi connectivity index (χ4n) is 19.0. The Morgan fingerprint density at radius 1 is 0.147 bits per heavy atom. The van der Waals surface area contributed by atoms with Gasteiger partial charge in [0.1, 0.15) is 0 Å². The summed E-state index contributed by atoms with van der Waals surface area (Å²) in [5.41, 5.74) is 29.3. The zero-order chi connectivity index (χ0) is 85.5. The van der Waals surface area contributed by atoms with E-state index in [1.807, 2.05) is 11.3 Å². The molecule has 0 spiro atoms. The largest absolute Gasteiger partial charge is 0.309 e. The number of benzene rings is 21. The molecule has 0 fully saturated rings. The van der Waals surface area contributed by atoms with E-state index in [4.69, 9.17) is 0 Å². The van der Waals surface area contributed by atoms with Crippen molar-refractivity contribution >= 4 is 165 Å². The minimum absolute atomic E-state index is 1.05. The van der Waals surface area contributed by atoms with Crippen LogP contribution in [0.2, 0.25) is 0 Å². The monoisotopic (exact) mass is 1660 g/mol. The average molecular weight is 1670 g/mol. The van der Waals surface area contributed by atoms with Gasteiger partial charge in [0.25, 0.3) is 0 Å². The van der Waals surface area contributed by atoms with Gasteiger partial charge in [-0.3, -0.25) is 0 Å². The number of rotatable bonds is 18. The quantitative estimate of drug-likeness (QED) is 0.0854. The number of para-hydroxylation sites is 9. The molecule has 0 amide bonds. The van der Waals surface area contributed by atoms with Gasteiger partial charge < -0.3 is 28.7 Å². The van der Waals surface area contributed by atoms with Crippen molar-refractivity contribution in [2.24, 2.45) is 0 Å². The molecule has 129 heavy (non-hydrogen) atoms. The third-order valence-corrected chi connectivity index (χ3v) is 26.2. The number of hydrogen-bond donors (Lipinski definition) is 0. The van der Waals surface area contributed by atoms with E-state index in [2.05, 4.69) is 538 Å². The summed E-state index contributed by atoms with van der Waals surface area (Å²) in [5, 5.41) is 12.3. The second kappa shape index (κ2) is 33.7. The van der Waals surface area contributed by atoms with Crippen LogP contribution in [0.3, 0.4) is 0 Å². The topological polar surface area (TPSA) is 22.8 Å². The Morgan fingerprint density at radius 3 is 0.938 bits per heavy atom. The highest BCUT2D eigenvalue weighted by Gasteiger charge is 2.28. The molecule has 0 aliphatic carbocycles. The zero-order valence-corrected chi connectivity index (χ0v) is 71.4. The molecule has 3 heterocycles. The second-order valence-corrected chi connectivity index (χ2v) is 33.8. The minimum Gasteiger partial charge on any atom is -0.309 e. The SMILES string of the molecule is c1ccc(-c2ccc(N(c3ccccc3)c3ccccc3N(c3ccccc3)c3cccc(-c4ccc5c6ccccc6n(-c6ccccc6)c5c4)c3)cc2)cc1.c1ccc(N(c2ccc3c(c2)sc2ccccc23)c2cc3ccccc3cc2N(c2ccc(-c3ccc4ccccc4c3)cc2)c2cccc(-c3ccc4c5ccccc5n(-c5ccccc5)c4c3)c2)cc1. The number of anilines is 12. The molecular weight excluding hydrogens is 1580 g/mol. The highest BCUT2D eigenvalue weighted by atomic mass is 32.1. The predicted octanol–water partition coefficient (Wildman–Crippen LogP) is 34.8. The van der Waals surface area contributed by atoms with Crippen LogP contribution in [0.1, 0.15) is 0 Å². The standard InChI is InChI=1S/C68H45N3S.C54H39N3/c1-3-21-54(22-4-1)69(58-37-39-62-61-27-12-14-29-67(61)72-68(62)45-58)65-43-50-18-9-10-19-51(50)44-66(65)70(56-35-32-47(33-36-56)52-31-30-46-16-7-8-17-48(46)40-52)57-25-15-20-49(41-57)53-34-38-60-59-26-11-13-28-63(59)71(64(60)42-53)55-23-5-2-6-24-55;1-5-18-40(19-6-1)41-32-35-47(36-33-41)55(44-21-7-2-8-22-44)52-30-15-16-31-53(52)56(45-23-9-3-10-24-45)48-27-17-20-42(38-48)43-34-37-50-49-28-13-14-29-51(49)57(54(50)39-43)46-25-11-4-12-26-46/h1-45H;1-39H. The highest BCUT2D eigenvalue weighted by Crippen LogP contribution is 2.52. The summed E-state index contributed by atoms with van der Waals surface area (Å²) in [6.07, 6.45) is 0. The summed E-state index contributed by atoms with van der Waals surface area (Å²) in [4.78, 5) is 9.65. The third-order valence-electron chi connectivity index (χ3n) is 25.0. The molecule has 24 aromatic rings. The van der Waals surface area contributed by atoms with Gasteiger partial charge in [0.2, 0.25) is 0 Å². The number of fused-ring (bicyclic) bond motifs is 11. The Hall–Kier alpha value is -16.8. The van der Waals surface area contributed by atoms with Gasteiger partial charge >= 0.3 is 0 Å². The lowest BCUT2D eigenvalue weighted by atomic mass is 9.99. The van der Waals surface area contributed by atoms with E-state index < -0.39 is 0 Å². The molecule has 3 aromatic heterocycles. The van der Waals surface area contributed by atoms with Gasteiger partial charge in [0.05, 0.1) is 44.8 Å². The molecule has 0 N–H and O–H groups in total.